The van der Waals surface area contributed by atoms with Crippen LogP contribution in [0.4, 0.5) is 0 Å². The monoisotopic (exact) mass is 514 g/mol. The lowest BCUT2D eigenvalue weighted by molar-refractivity contribution is -0.152. The quantitative estimate of drug-likeness (QED) is 0.369. The lowest BCUT2D eigenvalue weighted by atomic mass is 9.65. The Labute approximate surface area is 184 Å². The average Bonchev–Trinajstić information content (AvgIpc) is 3.16. The van der Waals surface area contributed by atoms with Crippen molar-refractivity contribution in [3.8, 4) is 11.5 Å². The second-order valence-electron chi connectivity index (χ2n) is 7.19. The van der Waals surface area contributed by atoms with Crippen molar-refractivity contribution in [3.05, 3.63) is 93.5 Å². The molecular formula is C23H16Br2O4. The third kappa shape index (κ3) is 2.11. The zero-order valence-electron chi connectivity index (χ0n) is 15.4. The van der Waals surface area contributed by atoms with Gasteiger partial charge in [0.2, 0.25) is 0 Å². The lowest BCUT2D eigenvalue weighted by Gasteiger charge is -2.40. The number of benzene rings is 3. The van der Waals surface area contributed by atoms with E-state index in [0.717, 1.165) is 16.7 Å². The van der Waals surface area contributed by atoms with Crippen LogP contribution < -0.4 is 4.74 Å². The molecule has 0 saturated carbocycles. The fourth-order valence-corrected chi connectivity index (χ4v) is 6.31. The molecule has 29 heavy (non-hydrogen) atoms. The van der Waals surface area contributed by atoms with E-state index in [4.69, 9.17) is 9.47 Å². The minimum Gasteiger partial charge on any atom is -0.507 e. The van der Waals surface area contributed by atoms with Crippen LogP contribution in [-0.2, 0) is 20.5 Å². The number of rotatable bonds is 2. The van der Waals surface area contributed by atoms with Gasteiger partial charge in [0, 0.05) is 11.6 Å². The molecule has 0 fully saturated rings. The number of fused-ring (bicyclic) bond motifs is 5. The Morgan fingerprint density at radius 1 is 1.07 bits per heavy atom. The maximum Gasteiger partial charge on any atom is 0.325 e. The number of aromatic hydroxyl groups is 1. The standard InChI is InChI=1S/C23H16Br2O4/c1-28-21(27)22-15-10-6-5-9-14(15)20(25)23(22,13-7-3-2-4-8-13)29-19-12-18(26)17(24)11-16(19)22/h2-12,20,26H,1H3/t20-,22+,23+/m0/s1. The molecule has 0 aromatic heterocycles. The van der Waals surface area contributed by atoms with Crippen LogP contribution in [0.25, 0.3) is 0 Å². The summed E-state index contributed by atoms with van der Waals surface area (Å²) in [6, 6.07) is 20.8. The fraction of sp³-hybridized carbons (Fsp3) is 0.174. The van der Waals surface area contributed by atoms with Crippen LogP contribution in [0.15, 0.2) is 71.2 Å². The van der Waals surface area contributed by atoms with Crippen LogP contribution in [0.3, 0.4) is 0 Å². The highest BCUT2D eigenvalue weighted by Gasteiger charge is 2.74. The van der Waals surface area contributed by atoms with E-state index in [9.17, 15) is 9.90 Å². The average molecular weight is 516 g/mol. The number of hydrogen-bond acceptors (Lipinski definition) is 4. The summed E-state index contributed by atoms with van der Waals surface area (Å²) in [6.07, 6.45) is 0. The van der Waals surface area contributed by atoms with E-state index in [1.54, 1.807) is 12.1 Å². The third-order valence-corrected chi connectivity index (χ3v) is 7.74. The Balaban J connectivity index is 1.98. The molecule has 0 bridgehead atoms. The van der Waals surface area contributed by atoms with E-state index in [-0.39, 0.29) is 10.6 Å². The number of halogens is 2. The van der Waals surface area contributed by atoms with E-state index >= 15 is 0 Å². The summed E-state index contributed by atoms with van der Waals surface area (Å²) < 4.78 is 12.5. The van der Waals surface area contributed by atoms with Crippen LogP contribution in [0.5, 0.6) is 11.5 Å². The molecule has 0 saturated heterocycles. The van der Waals surface area contributed by atoms with Gasteiger partial charge in [-0.3, -0.25) is 4.79 Å². The molecule has 6 heteroatoms. The van der Waals surface area contributed by atoms with Crippen molar-refractivity contribution in [2.75, 3.05) is 7.11 Å². The third-order valence-electron chi connectivity index (χ3n) is 5.97. The number of methoxy groups -OCH3 is 1. The first-order chi connectivity index (χ1) is 14.0. The van der Waals surface area contributed by atoms with Crippen molar-refractivity contribution in [1.82, 2.24) is 0 Å². The number of phenolic OH excluding ortho intramolecular Hbond substituents is 1. The molecule has 0 unspecified atom stereocenters. The van der Waals surface area contributed by atoms with Crippen LogP contribution in [0.2, 0.25) is 0 Å². The number of ether oxygens (including phenoxy) is 2. The Morgan fingerprint density at radius 2 is 1.76 bits per heavy atom. The van der Waals surface area contributed by atoms with Crippen LogP contribution in [0.1, 0.15) is 27.1 Å². The Morgan fingerprint density at radius 3 is 2.48 bits per heavy atom. The molecule has 3 aromatic carbocycles. The molecule has 1 aliphatic heterocycles. The summed E-state index contributed by atoms with van der Waals surface area (Å²) in [5, 5.41) is 10.3. The SMILES string of the molecule is COC(=O)[C@@]12c3cc(Br)c(O)cc3O[C@]1(c1ccccc1)[C@@H](Br)c1ccccc12. The van der Waals surface area contributed by atoms with E-state index in [0.29, 0.717) is 15.8 Å². The maximum absolute atomic E-state index is 13.7. The molecule has 0 amide bonds. The predicted molar refractivity (Wildman–Crippen MR) is 115 cm³/mol. The first-order valence-corrected chi connectivity index (χ1v) is 10.8. The molecule has 146 valence electrons. The van der Waals surface area contributed by atoms with Crippen LogP contribution in [0, 0.1) is 0 Å². The smallest absolute Gasteiger partial charge is 0.325 e. The number of alkyl halides is 1. The second kappa shape index (κ2) is 6.34. The van der Waals surface area contributed by atoms with Gasteiger partial charge >= 0.3 is 5.97 Å². The Kier molecular flexibility index (Phi) is 4.09. The van der Waals surface area contributed by atoms with Gasteiger partial charge in [0.15, 0.2) is 11.0 Å². The van der Waals surface area contributed by atoms with Crippen molar-refractivity contribution < 1.29 is 19.4 Å². The van der Waals surface area contributed by atoms with Crippen LogP contribution >= 0.6 is 31.9 Å². The first-order valence-electron chi connectivity index (χ1n) is 9.08. The molecule has 1 heterocycles. The van der Waals surface area contributed by atoms with Gasteiger partial charge in [-0.25, -0.2) is 0 Å². The van der Waals surface area contributed by atoms with Crippen LogP contribution in [-0.4, -0.2) is 18.2 Å². The molecule has 0 spiro atoms. The minimum absolute atomic E-state index is 0.0476. The normalized spacial score (nSPS) is 26.2. The number of carbonyl (C=O) groups is 1. The number of esters is 1. The van der Waals surface area contributed by atoms with Crippen molar-refractivity contribution in [3.63, 3.8) is 0 Å². The van der Waals surface area contributed by atoms with Gasteiger partial charge in [-0.1, -0.05) is 70.5 Å². The van der Waals surface area contributed by atoms with Gasteiger partial charge in [0.05, 0.1) is 16.4 Å². The number of carbonyl (C=O) groups excluding carboxylic acids is 1. The fourth-order valence-electron chi connectivity index (χ4n) is 4.87. The summed E-state index contributed by atoms with van der Waals surface area (Å²) in [4.78, 5) is 13.3. The molecule has 3 atom stereocenters. The van der Waals surface area contributed by atoms with Crippen molar-refractivity contribution in [1.29, 1.82) is 0 Å². The van der Waals surface area contributed by atoms with E-state index < -0.39 is 17.0 Å². The first kappa shape index (κ1) is 18.7. The zero-order valence-corrected chi connectivity index (χ0v) is 18.5. The lowest BCUT2D eigenvalue weighted by Crippen LogP contribution is -2.53. The van der Waals surface area contributed by atoms with Gasteiger partial charge in [-0.2, -0.15) is 0 Å². The summed E-state index contributed by atoms with van der Waals surface area (Å²) in [5.74, 6) is 0.0948. The van der Waals surface area contributed by atoms with Crippen molar-refractivity contribution in [2.45, 2.75) is 15.8 Å². The number of hydrogen-bond donors (Lipinski definition) is 1. The second-order valence-corrected chi connectivity index (χ2v) is 8.96. The van der Waals surface area contributed by atoms with Gasteiger partial charge in [-0.15, -0.1) is 0 Å². The summed E-state index contributed by atoms with van der Waals surface area (Å²) >= 11 is 7.26. The highest BCUT2D eigenvalue weighted by Crippen LogP contribution is 2.70. The van der Waals surface area contributed by atoms with E-state index in [2.05, 4.69) is 31.9 Å². The van der Waals surface area contributed by atoms with Crippen molar-refractivity contribution in [2.24, 2.45) is 0 Å². The van der Waals surface area contributed by atoms with E-state index in [1.807, 2.05) is 54.6 Å². The maximum atomic E-state index is 13.7. The van der Waals surface area contributed by atoms with E-state index in [1.165, 1.54) is 7.11 Å². The van der Waals surface area contributed by atoms with Gasteiger partial charge in [0.1, 0.15) is 11.5 Å². The molecule has 1 aliphatic carbocycles. The van der Waals surface area contributed by atoms with Crippen molar-refractivity contribution >= 4 is 37.8 Å². The predicted octanol–water partition coefficient (Wildman–Crippen LogP) is 5.35. The summed E-state index contributed by atoms with van der Waals surface area (Å²) in [5.41, 5.74) is 0.952. The molecule has 0 radical (unpaired) electrons. The summed E-state index contributed by atoms with van der Waals surface area (Å²) in [7, 11) is 1.39. The highest BCUT2D eigenvalue weighted by atomic mass is 79.9. The Hall–Kier alpha value is -2.31. The largest absolute Gasteiger partial charge is 0.507 e. The highest BCUT2D eigenvalue weighted by molar-refractivity contribution is 9.10. The zero-order chi connectivity index (χ0) is 20.4. The molecular weight excluding hydrogens is 500 g/mol. The topological polar surface area (TPSA) is 55.8 Å². The minimum atomic E-state index is -1.24. The molecule has 4 nitrogen and oxygen atoms in total. The van der Waals surface area contributed by atoms with Gasteiger partial charge < -0.3 is 14.6 Å². The van der Waals surface area contributed by atoms with Gasteiger partial charge in [-0.05, 0) is 38.7 Å². The molecule has 3 aromatic rings. The van der Waals surface area contributed by atoms with Gasteiger partial charge in [0.25, 0.3) is 0 Å². The number of phenols is 1. The molecule has 5 rings (SSSR count). The molecule has 2 aliphatic rings. The molecule has 1 N–H and O–H groups in total. The Bertz CT molecular complexity index is 1150. The summed E-state index contributed by atoms with van der Waals surface area (Å²) in [6.45, 7) is 0.